The maximum atomic E-state index is 12.0. The normalized spacial score (nSPS) is 10.5. The SMILES string of the molecule is O=C(COc1cccc(Cl)c1)Nc1ncc(Cc2cccc(Cl)c2)s1. The number of carbonyl (C=O) groups excluding carboxylic acids is 1. The predicted molar refractivity (Wildman–Crippen MR) is 102 cm³/mol. The Hall–Kier alpha value is -2.08. The number of thiazole rings is 1. The molecule has 128 valence electrons. The van der Waals surface area contributed by atoms with Crippen LogP contribution in [0, 0.1) is 0 Å². The van der Waals surface area contributed by atoms with E-state index < -0.39 is 0 Å². The maximum Gasteiger partial charge on any atom is 0.264 e. The molecule has 1 heterocycles. The molecular formula is C18H14Cl2N2O2S. The van der Waals surface area contributed by atoms with Gasteiger partial charge in [-0.1, -0.05) is 41.4 Å². The summed E-state index contributed by atoms with van der Waals surface area (Å²) < 4.78 is 5.40. The number of aromatic nitrogens is 1. The summed E-state index contributed by atoms with van der Waals surface area (Å²) in [6, 6.07) is 14.6. The highest BCUT2D eigenvalue weighted by molar-refractivity contribution is 7.15. The van der Waals surface area contributed by atoms with Crippen molar-refractivity contribution in [2.24, 2.45) is 0 Å². The number of halogens is 2. The van der Waals surface area contributed by atoms with Crippen molar-refractivity contribution in [3.8, 4) is 5.75 Å². The van der Waals surface area contributed by atoms with Gasteiger partial charge in [0.2, 0.25) is 0 Å². The molecule has 3 rings (SSSR count). The molecule has 3 aromatic rings. The van der Waals surface area contributed by atoms with E-state index in [1.54, 1.807) is 30.5 Å². The smallest absolute Gasteiger partial charge is 0.264 e. The van der Waals surface area contributed by atoms with Gasteiger partial charge in [-0.15, -0.1) is 11.3 Å². The Balaban J connectivity index is 1.53. The highest BCUT2D eigenvalue weighted by atomic mass is 35.5. The summed E-state index contributed by atoms with van der Waals surface area (Å²) in [7, 11) is 0. The second-order valence-electron chi connectivity index (χ2n) is 5.23. The van der Waals surface area contributed by atoms with Crippen LogP contribution in [0.1, 0.15) is 10.4 Å². The summed E-state index contributed by atoms with van der Waals surface area (Å²) in [5.41, 5.74) is 1.10. The fourth-order valence-electron chi connectivity index (χ4n) is 2.16. The average Bonchev–Trinajstić information content (AvgIpc) is 3.00. The van der Waals surface area contributed by atoms with Gasteiger partial charge in [-0.3, -0.25) is 10.1 Å². The lowest BCUT2D eigenvalue weighted by Gasteiger charge is -2.05. The van der Waals surface area contributed by atoms with E-state index >= 15 is 0 Å². The van der Waals surface area contributed by atoms with Gasteiger partial charge in [0.15, 0.2) is 11.7 Å². The first-order valence-corrected chi connectivity index (χ1v) is 9.03. The Kier molecular flexibility index (Phi) is 5.91. The molecule has 0 aliphatic rings. The zero-order valence-corrected chi connectivity index (χ0v) is 15.4. The van der Waals surface area contributed by atoms with Crippen LogP contribution in [0.4, 0.5) is 5.13 Å². The van der Waals surface area contributed by atoms with Gasteiger partial charge in [0.05, 0.1) is 0 Å². The van der Waals surface area contributed by atoms with Crippen LogP contribution in [0.3, 0.4) is 0 Å². The van der Waals surface area contributed by atoms with Crippen molar-refractivity contribution in [1.82, 2.24) is 4.98 Å². The highest BCUT2D eigenvalue weighted by Crippen LogP contribution is 2.22. The van der Waals surface area contributed by atoms with E-state index in [9.17, 15) is 4.79 Å². The van der Waals surface area contributed by atoms with E-state index in [1.165, 1.54) is 11.3 Å². The number of rotatable bonds is 6. The molecule has 1 amide bonds. The van der Waals surface area contributed by atoms with Crippen molar-refractivity contribution in [3.05, 3.63) is 75.2 Å². The summed E-state index contributed by atoms with van der Waals surface area (Å²) in [6.07, 6.45) is 2.46. The van der Waals surface area contributed by atoms with Crippen LogP contribution in [0.25, 0.3) is 0 Å². The van der Waals surface area contributed by atoms with Gasteiger partial charge in [-0.2, -0.15) is 0 Å². The van der Waals surface area contributed by atoms with E-state index in [-0.39, 0.29) is 12.5 Å². The molecule has 0 atom stereocenters. The zero-order valence-electron chi connectivity index (χ0n) is 13.0. The number of hydrogen-bond acceptors (Lipinski definition) is 4. The van der Waals surface area contributed by atoms with Crippen LogP contribution in [-0.2, 0) is 11.2 Å². The molecule has 0 bridgehead atoms. The minimum atomic E-state index is -0.274. The number of amides is 1. The molecule has 25 heavy (non-hydrogen) atoms. The van der Waals surface area contributed by atoms with Gasteiger partial charge in [0.25, 0.3) is 5.91 Å². The minimum Gasteiger partial charge on any atom is -0.484 e. The number of hydrogen-bond donors (Lipinski definition) is 1. The Morgan fingerprint density at radius 3 is 2.64 bits per heavy atom. The van der Waals surface area contributed by atoms with Gasteiger partial charge in [-0.05, 0) is 35.9 Å². The fraction of sp³-hybridized carbons (Fsp3) is 0.111. The van der Waals surface area contributed by atoms with E-state index in [2.05, 4.69) is 10.3 Å². The summed E-state index contributed by atoms with van der Waals surface area (Å²) in [6.45, 7) is -0.108. The molecule has 1 N–H and O–H groups in total. The van der Waals surface area contributed by atoms with Crippen molar-refractivity contribution in [1.29, 1.82) is 0 Å². The average molecular weight is 393 g/mol. The second kappa shape index (κ2) is 8.34. The zero-order chi connectivity index (χ0) is 17.6. The molecule has 0 aliphatic carbocycles. The summed E-state index contributed by atoms with van der Waals surface area (Å²) in [4.78, 5) is 17.2. The Labute approximate surface area is 159 Å². The topological polar surface area (TPSA) is 51.2 Å². The van der Waals surface area contributed by atoms with Gasteiger partial charge in [-0.25, -0.2) is 4.98 Å². The van der Waals surface area contributed by atoms with Crippen LogP contribution in [0.5, 0.6) is 5.75 Å². The molecule has 1 aromatic heterocycles. The van der Waals surface area contributed by atoms with Crippen LogP contribution in [-0.4, -0.2) is 17.5 Å². The van der Waals surface area contributed by atoms with Gasteiger partial charge < -0.3 is 4.74 Å². The lowest BCUT2D eigenvalue weighted by atomic mass is 10.1. The molecule has 7 heteroatoms. The predicted octanol–water partition coefficient (Wildman–Crippen LogP) is 5.06. The first kappa shape index (κ1) is 17.7. The molecule has 4 nitrogen and oxygen atoms in total. The summed E-state index contributed by atoms with van der Waals surface area (Å²) >= 11 is 13.3. The molecule has 0 saturated carbocycles. The molecule has 0 unspecified atom stereocenters. The Morgan fingerprint density at radius 2 is 1.88 bits per heavy atom. The number of ether oxygens (including phenoxy) is 1. The second-order valence-corrected chi connectivity index (χ2v) is 7.22. The number of carbonyl (C=O) groups is 1. The van der Waals surface area contributed by atoms with Crippen LogP contribution >= 0.6 is 34.5 Å². The largest absolute Gasteiger partial charge is 0.484 e. The molecule has 2 aromatic carbocycles. The standard InChI is InChI=1S/C18H14Cl2N2O2S/c19-13-4-1-3-12(7-13)8-16-10-21-18(25-16)22-17(23)11-24-15-6-2-5-14(20)9-15/h1-7,9-10H,8,11H2,(H,21,22,23). The Bertz CT molecular complexity index is 883. The van der Waals surface area contributed by atoms with Gasteiger partial charge in [0, 0.05) is 27.5 Å². The minimum absolute atomic E-state index is 0.108. The number of benzene rings is 2. The number of nitrogens with zero attached hydrogens (tertiary/aromatic N) is 1. The number of nitrogens with one attached hydrogen (secondary N) is 1. The molecule has 0 fully saturated rings. The van der Waals surface area contributed by atoms with Gasteiger partial charge >= 0.3 is 0 Å². The quantitative estimate of drug-likeness (QED) is 0.637. The van der Waals surface area contributed by atoms with Crippen molar-refractivity contribution >= 4 is 45.6 Å². The molecular weight excluding hydrogens is 379 g/mol. The van der Waals surface area contributed by atoms with Crippen molar-refractivity contribution < 1.29 is 9.53 Å². The lowest BCUT2D eigenvalue weighted by Crippen LogP contribution is -2.19. The first-order valence-electron chi connectivity index (χ1n) is 7.46. The monoisotopic (exact) mass is 392 g/mol. The maximum absolute atomic E-state index is 12.0. The van der Waals surface area contributed by atoms with Crippen molar-refractivity contribution in [3.63, 3.8) is 0 Å². The third kappa shape index (κ3) is 5.46. The van der Waals surface area contributed by atoms with E-state index in [0.717, 1.165) is 10.4 Å². The summed E-state index contributed by atoms with van der Waals surface area (Å²) in [5.74, 6) is 0.270. The van der Waals surface area contributed by atoms with Crippen LogP contribution < -0.4 is 10.1 Å². The third-order valence-corrected chi connectivity index (χ3v) is 4.62. The molecule has 0 radical (unpaired) electrons. The van der Waals surface area contributed by atoms with Crippen LogP contribution in [0.2, 0.25) is 10.0 Å². The Morgan fingerprint density at radius 1 is 1.12 bits per heavy atom. The van der Waals surface area contributed by atoms with E-state index in [4.69, 9.17) is 27.9 Å². The molecule has 0 aliphatic heterocycles. The fourth-order valence-corrected chi connectivity index (χ4v) is 3.41. The van der Waals surface area contributed by atoms with Crippen molar-refractivity contribution in [2.75, 3.05) is 11.9 Å². The van der Waals surface area contributed by atoms with Gasteiger partial charge in [0.1, 0.15) is 5.75 Å². The van der Waals surface area contributed by atoms with Crippen molar-refractivity contribution in [2.45, 2.75) is 6.42 Å². The molecule has 0 saturated heterocycles. The van der Waals surface area contributed by atoms with Crippen LogP contribution in [0.15, 0.2) is 54.7 Å². The first-order chi connectivity index (χ1) is 12.1. The molecule has 0 spiro atoms. The van der Waals surface area contributed by atoms with E-state index in [0.29, 0.717) is 27.3 Å². The summed E-state index contributed by atoms with van der Waals surface area (Å²) in [5, 5.41) is 4.53. The lowest BCUT2D eigenvalue weighted by molar-refractivity contribution is -0.118. The van der Waals surface area contributed by atoms with E-state index in [1.807, 2.05) is 24.3 Å². The third-order valence-electron chi connectivity index (χ3n) is 3.23. The highest BCUT2D eigenvalue weighted by Gasteiger charge is 2.08. The number of anilines is 1.